The fourth-order valence-electron chi connectivity index (χ4n) is 3.19. The van der Waals surface area contributed by atoms with Gasteiger partial charge in [-0.1, -0.05) is 30.3 Å². The van der Waals surface area contributed by atoms with Crippen LogP contribution < -0.4 is 5.73 Å². The molecule has 1 aromatic carbocycles. The number of nitrogens with zero attached hydrogens (tertiary/aromatic N) is 3. The summed E-state index contributed by atoms with van der Waals surface area (Å²) >= 11 is 0. The number of benzene rings is 1. The maximum Gasteiger partial charge on any atom is 0.439 e. The van der Waals surface area contributed by atoms with Crippen molar-refractivity contribution in [2.45, 2.75) is 23.7 Å². The second-order valence-electron chi connectivity index (χ2n) is 5.92. The maximum atomic E-state index is 13.7. The molecule has 3 rings (SSSR count). The van der Waals surface area contributed by atoms with Crippen LogP contribution in [0.15, 0.2) is 52.7 Å². The van der Waals surface area contributed by atoms with Gasteiger partial charge < -0.3 is 5.73 Å². The van der Waals surface area contributed by atoms with Crippen LogP contribution in [-0.4, -0.2) is 41.0 Å². The van der Waals surface area contributed by atoms with Gasteiger partial charge in [0.1, 0.15) is 5.41 Å². The molecule has 0 aromatic heterocycles. The van der Waals surface area contributed by atoms with Crippen molar-refractivity contribution in [3.63, 3.8) is 0 Å². The average Bonchev–Trinajstić information content (AvgIpc) is 3.33. The van der Waals surface area contributed by atoms with Crippen LogP contribution >= 0.6 is 0 Å². The van der Waals surface area contributed by atoms with Gasteiger partial charge in [0, 0.05) is 18.7 Å². The predicted molar refractivity (Wildman–Crippen MR) is 81.4 cm³/mol. The molecule has 0 radical (unpaired) electrons. The lowest BCUT2D eigenvalue weighted by Gasteiger charge is -2.37. The standard InChI is InChI=1S/C16H13F3N4O3/c17-16(18,19)15(21-22-15)14(13(20)26,10-4-2-1-3-5-10)8-9-23-11(24)6-7-12(23)25/h1-7H,8-9H2,(H2,20,26). The molecule has 3 amide bonds. The maximum absolute atomic E-state index is 13.7. The van der Waals surface area contributed by atoms with Crippen molar-refractivity contribution >= 4 is 17.7 Å². The van der Waals surface area contributed by atoms with Crippen LogP contribution in [0.5, 0.6) is 0 Å². The Labute approximate surface area is 145 Å². The van der Waals surface area contributed by atoms with Crippen molar-refractivity contribution in [1.82, 2.24) is 4.90 Å². The molecule has 0 bridgehead atoms. The zero-order chi connectivity index (χ0) is 19.2. The fourth-order valence-corrected chi connectivity index (χ4v) is 3.19. The second-order valence-corrected chi connectivity index (χ2v) is 5.92. The Bertz CT molecular complexity index is 811. The quantitative estimate of drug-likeness (QED) is 0.770. The number of amides is 3. The smallest absolute Gasteiger partial charge is 0.369 e. The molecule has 0 saturated heterocycles. The van der Waals surface area contributed by atoms with Crippen molar-refractivity contribution < 1.29 is 27.6 Å². The van der Waals surface area contributed by atoms with Crippen LogP contribution in [0.3, 0.4) is 0 Å². The van der Waals surface area contributed by atoms with Crippen LogP contribution in [-0.2, 0) is 19.8 Å². The monoisotopic (exact) mass is 366 g/mol. The lowest BCUT2D eigenvalue weighted by atomic mass is 9.68. The Morgan fingerprint density at radius 2 is 1.62 bits per heavy atom. The van der Waals surface area contributed by atoms with E-state index in [2.05, 4.69) is 10.2 Å². The molecular weight excluding hydrogens is 353 g/mol. The first-order chi connectivity index (χ1) is 12.2. The molecule has 2 aliphatic heterocycles. The number of halogens is 3. The number of hydrogen-bond acceptors (Lipinski definition) is 5. The number of nitrogens with two attached hydrogens (primary N) is 1. The van der Waals surface area contributed by atoms with Crippen LogP contribution in [0.4, 0.5) is 13.2 Å². The molecule has 26 heavy (non-hydrogen) atoms. The molecule has 2 heterocycles. The molecule has 136 valence electrons. The third-order valence-corrected chi connectivity index (χ3v) is 4.59. The van der Waals surface area contributed by atoms with Crippen molar-refractivity contribution in [2.24, 2.45) is 16.0 Å². The highest BCUT2D eigenvalue weighted by molar-refractivity contribution is 6.12. The van der Waals surface area contributed by atoms with E-state index in [1.807, 2.05) is 0 Å². The van der Waals surface area contributed by atoms with Gasteiger partial charge in [0.05, 0.1) is 0 Å². The Kier molecular flexibility index (Phi) is 3.93. The van der Waals surface area contributed by atoms with E-state index in [1.54, 1.807) is 6.07 Å². The molecule has 2 aliphatic rings. The largest absolute Gasteiger partial charge is 0.439 e. The van der Waals surface area contributed by atoms with E-state index < -0.39 is 47.9 Å². The molecule has 0 spiro atoms. The lowest BCUT2D eigenvalue weighted by Crippen LogP contribution is -2.60. The van der Waals surface area contributed by atoms with E-state index in [4.69, 9.17) is 5.73 Å². The number of imide groups is 1. The summed E-state index contributed by atoms with van der Waals surface area (Å²) < 4.78 is 41.2. The summed E-state index contributed by atoms with van der Waals surface area (Å²) in [6.45, 7) is -0.439. The van der Waals surface area contributed by atoms with Crippen molar-refractivity contribution in [3.05, 3.63) is 48.0 Å². The first-order valence-corrected chi connectivity index (χ1v) is 7.55. The van der Waals surface area contributed by atoms with Gasteiger partial charge in [-0.15, -0.1) is 10.2 Å². The predicted octanol–water partition coefficient (Wildman–Crippen LogP) is 1.45. The highest BCUT2D eigenvalue weighted by atomic mass is 19.4. The molecule has 10 heteroatoms. The molecule has 0 saturated carbocycles. The number of carbonyl (C=O) groups excluding carboxylic acids is 3. The average molecular weight is 366 g/mol. The van der Waals surface area contributed by atoms with Gasteiger partial charge in [-0.3, -0.25) is 19.3 Å². The number of rotatable bonds is 6. The Hall–Kier alpha value is -3.04. The summed E-state index contributed by atoms with van der Waals surface area (Å²) in [6, 6.07) is 7.09. The first-order valence-electron chi connectivity index (χ1n) is 7.55. The van der Waals surface area contributed by atoms with E-state index in [-0.39, 0.29) is 5.56 Å². The summed E-state index contributed by atoms with van der Waals surface area (Å²) in [5.74, 6) is -2.64. The van der Waals surface area contributed by atoms with Gasteiger partial charge in [0.25, 0.3) is 11.8 Å². The molecule has 7 nitrogen and oxygen atoms in total. The van der Waals surface area contributed by atoms with Crippen molar-refractivity contribution in [2.75, 3.05) is 6.54 Å². The van der Waals surface area contributed by atoms with Gasteiger partial charge in [-0.05, 0) is 12.0 Å². The minimum absolute atomic E-state index is 0.0399. The summed E-state index contributed by atoms with van der Waals surface area (Å²) in [4.78, 5) is 36.5. The van der Waals surface area contributed by atoms with Gasteiger partial charge in [0.15, 0.2) is 0 Å². The second kappa shape index (κ2) is 5.75. The number of primary amides is 1. The third-order valence-electron chi connectivity index (χ3n) is 4.59. The lowest BCUT2D eigenvalue weighted by molar-refractivity contribution is -0.186. The van der Waals surface area contributed by atoms with Gasteiger partial charge in [-0.25, -0.2) is 0 Å². The van der Waals surface area contributed by atoms with Crippen molar-refractivity contribution in [1.29, 1.82) is 0 Å². The molecule has 0 fully saturated rings. The zero-order valence-corrected chi connectivity index (χ0v) is 13.2. The van der Waals surface area contributed by atoms with Crippen LogP contribution in [0, 0.1) is 0 Å². The molecular formula is C16H13F3N4O3. The topological polar surface area (TPSA) is 105 Å². The van der Waals surface area contributed by atoms with Gasteiger partial charge >= 0.3 is 11.8 Å². The summed E-state index contributed by atoms with van der Waals surface area (Å²) in [5.41, 5.74) is -0.0369. The van der Waals surface area contributed by atoms with Gasteiger partial charge in [0.2, 0.25) is 5.91 Å². The van der Waals surface area contributed by atoms with Crippen LogP contribution in [0.1, 0.15) is 12.0 Å². The molecule has 0 aliphatic carbocycles. The van der Waals surface area contributed by atoms with Gasteiger partial charge in [-0.2, -0.15) is 13.2 Å². The Balaban J connectivity index is 2.06. The molecule has 1 atom stereocenters. The normalized spacial score (nSPS) is 20.3. The molecule has 1 unspecified atom stereocenters. The Morgan fingerprint density at radius 3 is 2.04 bits per heavy atom. The van der Waals surface area contributed by atoms with Crippen LogP contribution in [0.25, 0.3) is 0 Å². The summed E-state index contributed by atoms with van der Waals surface area (Å²) in [5, 5.41) is 6.31. The number of hydrogen-bond donors (Lipinski definition) is 1. The summed E-state index contributed by atoms with van der Waals surface area (Å²) in [6.07, 6.45) is -3.54. The third kappa shape index (κ3) is 2.40. The molecule has 2 N–H and O–H groups in total. The highest BCUT2D eigenvalue weighted by Crippen LogP contribution is 2.58. The molecule has 1 aromatic rings. The number of carbonyl (C=O) groups is 3. The zero-order valence-electron chi connectivity index (χ0n) is 13.2. The Morgan fingerprint density at radius 1 is 1.08 bits per heavy atom. The SMILES string of the molecule is NC(=O)C(CCN1C(=O)C=CC1=O)(c1ccccc1)C1(C(F)(F)F)N=N1. The van der Waals surface area contributed by atoms with E-state index in [0.717, 1.165) is 17.1 Å². The van der Waals surface area contributed by atoms with Crippen molar-refractivity contribution in [3.8, 4) is 0 Å². The van der Waals surface area contributed by atoms with E-state index in [9.17, 15) is 27.6 Å². The van der Waals surface area contributed by atoms with E-state index in [1.165, 1.54) is 24.3 Å². The van der Waals surface area contributed by atoms with E-state index >= 15 is 0 Å². The van der Waals surface area contributed by atoms with Crippen LogP contribution in [0.2, 0.25) is 0 Å². The minimum atomic E-state index is -4.98. The fraction of sp³-hybridized carbons (Fsp3) is 0.312. The first kappa shape index (κ1) is 17.8. The highest BCUT2D eigenvalue weighted by Gasteiger charge is 2.77. The summed E-state index contributed by atoms with van der Waals surface area (Å²) in [7, 11) is 0. The van der Waals surface area contributed by atoms with E-state index in [0.29, 0.717) is 0 Å². The minimum Gasteiger partial charge on any atom is -0.369 e. The number of alkyl halides is 3.